The number of carbonyl (C=O) groups excluding carboxylic acids is 1. The molecular weight excluding hydrogens is 228 g/mol. The summed E-state index contributed by atoms with van der Waals surface area (Å²) in [5.74, 6) is 0.477. The lowest BCUT2D eigenvalue weighted by Gasteiger charge is -2.10. The number of ether oxygens (including phenoxy) is 1. The van der Waals surface area contributed by atoms with Crippen molar-refractivity contribution in [3.05, 3.63) is 29.8 Å². The van der Waals surface area contributed by atoms with Crippen molar-refractivity contribution < 1.29 is 9.53 Å². The maximum Gasteiger partial charge on any atom is 0.234 e. The number of hydrogen-bond acceptors (Lipinski definition) is 3. The van der Waals surface area contributed by atoms with Crippen LogP contribution >= 0.6 is 12.4 Å². The molecule has 1 rings (SSSR count). The van der Waals surface area contributed by atoms with Gasteiger partial charge in [0.25, 0.3) is 0 Å². The van der Waals surface area contributed by atoms with Gasteiger partial charge in [0.15, 0.2) is 0 Å². The molecule has 0 spiro atoms. The molecule has 5 heteroatoms. The first-order chi connectivity index (χ1) is 7.13. The molecule has 16 heavy (non-hydrogen) atoms. The number of primary amides is 1. The Kier molecular flexibility index (Phi) is 6.53. The molecule has 0 saturated carbocycles. The van der Waals surface area contributed by atoms with Gasteiger partial charge in [-0.1, -0.05) is 12.1 Å². The topological polar surface area (TPSA) is 64.3 Å². The van der Waals surface area contributed by atoms with Crippen LogP contribution in [0, 0.1) is 0 Å². The Morgan fingerprint density at radius 3 is 2.44 bits per heavy atom. The summed E-state index contributed by atoms with van der Waals surface area (Å²) in [7, 11) is 1.63. The number of methoxy groups -OCH3 is 1. The first kappa shape index (κ1) is 14.7. The van der Waals surface area contributed by atoms with E-state index in [4.69, 9.17) is 10.5 Å². The van der Waals surface area contributed by atoms with Crippen molar-refractivity contribution in [3.8, 4) is 5.75 Å². The summed E-state index contributed by atoms with van der Waals surface area (Å²) < 4.78 is 5.04. The summed E-state index contributed by atoms with van der Waals surface area (Å²) in [6, 6.07) is 7.34. The van der Waals surface area contributed by atoms with Crippen LogP contribution in [0.25, 0.3) is 0 Å². The lowest BCUT2D eigenvalue weighted by atomic mass is 10.2. The Labute approximate surface area is 102 Å². The molecule has 1 amide bonds. The highest BCUT2D eigenvalue weighted by atomic mass is 35.5. The van der Waals surface area contributed by atoms with Gasteiger partial charge in [-0.2, -0.15) is 0 Å². The van der Waals surface area contributed by atoms with E-state index in [-0.39, 0.29) is 24.4 Å². The van der Waals surface area contributed by atoms with E-state index >= 15 is 0 Å². The van der Waals surface area contributed by atoms with Crippen LogP contribution in [0.1, 0.15) is 12.5 Å². The van der Waals surface area contributed by atoms with Gasteiger partial charge in [-0.15, -0.1) is 12.4 Å². The molecule has 3 N–H and O–H groups in total. The maximum absolute atomic E-state index is 10.8. The van der Waals surface area contributed by atoms with Gasteiger partial charge in [0.05, 0.1) is 13.2 Å². The van der Waals surface area contributed by atoms with E-state index in [9.17, 15) is 4.79 Å². The van der Waals surface area contributed by atoms with Crippen LogP contribution in [0.5, 0.6) is 5.75 Å². The number of hydrogen-bond donors (Lipinski definition) is 2. The molecule has 0 bridgehead atoms. The minimum absolute atomic E-state index is 0. The van der Waals surface area contributed by atoms with Crippen molar-refractivity contribution >= 4 is 18.3 Å². The molecule has 90 valence electrons. The van der Waals surface area contributed by atoms with Crippen molar-refractivity contribution in [1.82, 2.24) is 5.32 Å². The standard InChI is InChI=1S/C11H16N2O2.ClH/c1-8(11(12)14)13-7-9-3-5-10(15-2)6-4-9;/h3-6,8,13H,7H2,1-2H3,(H2,12,14);1H/t8-;/m0./s1. The van der Waals surface area contributed by atoms with E-state index in [0.29, 0.717) is 6.54 Å². The molecule has 1 aromatic rings. The first-order valence-electron chi connectivity index (χ1n) is 4.79. The SMILES string of the molecule is COc1ccc(CN[C@@H](C)C(N)=O)cc1.Cl. The highest BCUT2D eigenvalue weighted by Gasteiger charge is 2.06. The minimum Gasteiger partial charge on any atom is -0.497 e. The second kappa shape index (κ2) is 7.09. The van der Waals surface area contributed by atoms with Gasteiger partial charge in [0.1, 0.15) is 5.75 Å². The number of amides is 1. The van der Waals surface area contributed by atoms with Crippen LogP contribution in [0.2, 0.25) is 0 Å². The van der Waals surface area contributed by atoms with Gasteiger partial charge in [-0.05, 0) is 24.6 Å². The van der Waals surface area contributed by atoms with Crippen molar-refractivity contribution in [2.24, 2.45) is 5.73 Å². The van der Waals surface area contributed by atoms with Gasteiger partial charge in [0, 0.05) is 6.54 Å². The van der Waals surface area contributed by atoms with Gasteiger partial charge in [-0.25, -0.2) is 0 Å². The highest BCUT2D eigenvalue weighted by molar-refractivity contribution is 5.85. The van der Waals surface area contributed by atoms with Crippen LogP contribution in [-0.4, -0.2) is 19.1 Å². The van der Waals surface area contributed by atoms with E-state index in [1.807, 2.05) is 24.3 Å². The summed E-state index contributed by atoms with van der Waals surface area (Å²) in [6.07, 6.45) is 0. The van der Waals surface area contributed by atoms with E-state index in [1.54, 1.807) is 14.0 Å². The van der Waals surface area contributed by atoms with Gasteiger partial charge >= 0.3 is 0 Å². The normalized spacial score (nSPS) is 11.4. The van der Waals surface area contributed by atoms with E-state index < -0.39 is 0 Å². The lowest BCUT2D eigenvalue weighted by Crippen LogP contribution is -2.38. The second-order valence-electron chi connectivity index (χ2n) is 3.35. The predicted molar refractivity (Wildman–Crippen MR) is 65.7 cm³/mol. The summed E-state index contributed by atoms with van der Waals surface area (Å²) in [4.78, 5) is 10.8. The van der Waals surface area contributed by atoms with Crippen molar-refractivity contribution in [1.29, 1.82) is 0 Å². The molecule has 0 aliphatic carbocycles. The second-order valence-corrected chi connectivity index (χ2v) is 3.35. The third-order valence-corrected chi connectivity index (χ3v) is 2.20. The fourth-order valence-corrected chi connectivity index (χ4v) is 1.11. The fraction of sp³-hybridized carbons (Fsp3) is 0.364. The Morgan fingerprint density at radius 2 is 2.00 bits per heavy atom. The summed E-state index contributed by atoms with van der Waals surface area (Å²) >= 11 is 0. The van der Waals surface area contributed by atoms with Crippen LogP contribution < -0.4 is 15.8 Å². The summed E-state index contributed by atoms with van der Waals surface area (Å²) in [6.45, 7) is 2.36. The summed E-state index contributed by atoms with van der Waals surface area (Å²) in [5.41, 5.74) is 6.21. The zero-order valence-electron chi connectivity index (χ0n) is 9.40. The number of nitrogens with one attached hydrogen (secondary N) is 1. The molecule has 0 saturated heterocycles. The van der Waals surface area contributed by atoms with Gasteiger partial charge in [0.2, 0.25) is 5.91 Å². The molecule has 0 aliphatic rings. The van der Waals surface area contributed by atoms with E-state index in [1.165, 1.54) is 0 Å². The molecule has 0 aliphatic heterocycles. The Morgan fingerprint density at radius 1 is 1.44 bits per heavy atom. The van der Waals surface area contributed by atoms with Crippen molar-refractivity contribution in [3.63, 3.8) is 0 Å². The zero-order valence-corrected chi connectivity index (χ0v) is 10.2. The third kappa shape index (κ3) is 4.51. The Bertz CT molecular complexity index is 327. The first-order valence-corrected chi connectivity index (χ1v) is 4.79. The van der Waals surface area contributed by atoms with Gasteiger partial charge in [-0.3, -0.25) is 4.79 Å². The predicted octanol–water partition coefficient (Wildman–Crippen LogP) is 1.08. The molecular formula is C11H17ClN2O2. The Hall–Kier alpha value is -1.26. The van der Waals surface area contributed by atoms with Crippen LogP contribution in [0.4, 0.5) is 0 Å². The van der Waals surface area contributed by atoms with Gasteiger partial charge < -0.3 is 15.8 Å². The smallest absolute Gasteiger partial charge is 0.234 e. The molecule has 1 atom stereocenters. The maximum atomic E-state index is 10.8. The van der Waals surface area contributed by atoms with Crippen LogP contribution in [0.15, 0.2) is 24.3 Å². The lowest BCUT2D eigenvalue weighted by molar-refractivity contribution is -0.119. The number of rotatable bonds is 5. The Balaban J connectivity index is 0.00000225. The molecule has 0 aromatic heterocycles. The highest BCUT2D eigenvalue weighted by Crippen LogP contribution is 2.10. The van der Waals surface area contributed by atoms with E-state index in [2.05, 4.69) is 5.32 Å². The minimum atomic E-state index is -0.344. The summed E-state index contributed by atoms with van der Waals surface area (Å²) in [5, 5.41) is 3.02. The molecule has 0 unspecified atom stereocenters. The molecule has 0 fully saturated rings. The van der Waals surface area contributed by atoms with Crippen LogP contribution in [-0.2, 0) is 11.3 Å². The third-order valence-electron chi connectivity index (χ3n) is 2.20. The fourth-order valence-electron chi connectivity index (χ4n) is 1.11. The molecule has 0 radical (unpaired) electrons. The quantitative estimate of drug-likeness (QED) is 0.815. The largest absolute Gasteiger partial charge is 0.497 e. The van der Waals surface area contributed by atoms with Crippen LogP contribution in [0.3, 0.4) is 0 Å². The number of benzene rings is 1. The number of carbonyl (C=O) groups is 1. The average Bonchev–Trinajstić information content (AvgIpc) is 2.26. The molecule has 1 aromatic carbocycles. The van der Waals surface area contributed by atoms with Crippen molar-refractivity contribution in [2.75, 3.05) is 7.11 Å². The molecule has 0 heterocycles. The van der Waals surface area contributed by atoms with E-state index in [0.717, 1.165) is 11.3 Å². The number of halogens is 1. The number of nitrogens with two attached hydrogens (primary N) is 1. The average molecular weight is 245 g/mol. The monoisotopic (exact) mass is 244 g/mol. The molecule has 4 nitrogen and oxygen atoms in total. The van der Waals surface area contributed by atoms with Crippen molar-refractivity contribution in [2.45, 2.75) is 19.5 Å². The zero-order chi connectivity index (χ0) is 11.3.